The summed E-state index contributed by atoms with van der Waals surface area (Å²) in [5.74, 6) is -0.538. The van der Waals surface area contributed by atoms with Crippen LogP contribution < -0.4 is 10.6 Å². The Morgan fingerprint density at radius 2 is 2.09 bits per heavy atom. The topological polar surface area (TPSA) is 96.1 Å². The van der Waals surface area contributed by atoms with Crippen molar-refractivity contribution >= 4 is 17.6 Å². The minimum atomic E-state index is -0.294. The van der Waals surface area contributed by atoms with E-state index >= 15 is 0 Å². The maximum absolute atomic E-state index is 12.4. The summed E-state index contributed by atoms with van der Waals surface area (Å²) in [6.07, 6.45) is 1.06. The van der Waals surface area contributed by atoms with Gasteiger partial charge in [-0.25, -0.2) is 0 Å². The largest absolute Gasteiger partial charge is 0.469 e. The lowest BCUT2D eigenvalue weighted by atomic mass is 10.1. The van der Waals surface area contributed by atoms with Crippen LogP contribution in [0.5, 0.6) is 0 Å². The highest BCUT2D eigenvalue weighted by molar-refractivity contribution is 6.04. The molecule has 3 N–H and O–H groups in total. The Labute approximate surface area is 133 Å². The van der Waals surface area contributed by atoms with Crippen LogP contribution in [0.2, 0.25) is 0 Å². The molecule has 0 bridgehead atoms. The van der Waals surface area contributed by atoms with Crippen LogP contribution in [0.25, 0.3) is 0 Å². The van der Waals surface area contributed by atoms with Crippen molar-refractivity contribution in [3.8, 4) is 0 Å². The molecule has 1 aliphatic heterocycles. The molecule has 1 amide bonds. The third-order valence-electron chi connectivity index (χ3n) is 3.81. The number of nitrogens with one attached hydrogen (secondary N) is 3. The van der Waals surface area contributed by atoms with Crippen molar-refractivity contribution in [2.75, 3.05) is 19.0 Å². The van der Waals surface area contributed by atoms with Crippen LogP contribution in [0.4, 0.5) is 5.69 Å². The molecule has 1 aliphatic rings. The number of aromatic amines is 1. The van der Waals surface area contributed by atoms with E-state index in [1.165, 1.54) is 7.11 Å². The maximum atomic E-state index is 12.4. The molecule has 3 rings (SSSR count). The molecule has 0 atom stereocenters. The van der Waals surface area contributed by atoms with Gasteiger partial charge in [-0.3, -0.25) is 14.7 Å². The van der Waals surface area contributed by atoms with Crippen LogP contribution in [0.1, 0.15) is 27.3 Å². The van der Waals surface area contributed by atoms with Crippen molar-refractivity contribution in [1.29, 1.82) is 0 Å². The lowest BCUT2D eigenvalue weighted by molar-refractivity contribution is -0.139. The monoisotopic (exact) mass is 314 g/mol. The molecule has 2 heterocycles. The molecule has 1 aromatic carbocycles. The average molecular weight is 314 g/mol. The molecule has 0 saturated heterocycles. The molecule has 0 spiro atoms. The summed E-state index contributed by atoms with van der Waals surface area (Å²) in [7, 11) is 1.36. The van der Waals surface area contributed by atoms with Gasteiger partial charge in [-0.2, -0.15) is 5.10 Å². The van der Waals surface area contributed by atoms with Gasteiger partial charge in [-0.1, -0.05) is 12.1 Å². The van der Waals surface area contributed by atoms with Crippen molar-refractivity contribution in [3.05, 3.63) is 46.8 Å². The quantitative estimate of drug-likeness (QED) is 0.732. The minimum absolute atomic E-state index is 0.212. The fraction of sp³-hybridized carbons (Fsp3) is 0.312. The smallest absolute Gasteiger partial charge is 0.309 e. The first-order chi connectivity index (χ1) is 11.2. The number of rotatable bonds is 4. The number of hydrogen-bond donors (Lipinski definition) is 3. The van der Waals surface area contributed by atoms with Gasteiger partial charge in [0.25, 0.3) is 5.91 Å². The van der Waals surface area contributed by atoms with Crippen LogP contribution in [0.3, 0.4) is 0 Å². The maximum Gasteiger partial charge on any atom is 0.309 e. The highest BCUT2D eigenvalue weighted by atomic mass is 16.5. The summed E-state index contributed by atoms with van der Waals surface area (Å²) in [6.45, 7) is 1.53. The molecular weight excluding hydrogens is 296 g/mol. The zero-order chi connectivity index (χ0) is 16.2. The Morgan fingerprint density at radius 1 is 1.30 bits per heavy atom. The SMILES string of the molecule is COC(=O)Cc1ccc(NC(=O)c2n[nH]c3c2CNCC3)cc1. The highest BCUT2D eigenvalue weighted by Crippen LogP contribution is 2.17. The van der Waals surface area contributed by atoms with E-state index in [-0.39, 0.29) is 18.3 Å². The molecular formula is C16H18N4O3. The lowest BCUT2D eigenvalue weighted by Crippen LogP contribution is -2.25. The third-order valence-corrected chi connectivity index (χ3v) is 3.81. The van der Waals surface area contributed by atoms with Gasteiger partial charge in [-0.15, -0.1) is 0 Å². The van der Waals surface area contributed by atoms with Gasteiger partial charge in [0.05, 0.1) is 13.5 Å². The van der Waals surface area contributed by atoms with E-state index < -0.39 is 0 Å². The Kier molecular flexibility index (Phi) is 4.38. The Bertz CT molecular complexity index is 721. The number of nitrogens with zero attached hydrogens (tertiary/aromatic N) is 1. The van der Waals surface area contributed by atoms with E-state index in [0.29, 0.717) is 17.9 Å². The number of esters is 1. The molecule has 0 fully saturated rings. The van der Waals surface area contributed by atoms with Gasteiger partial charge in [0, 0.05) is 36.5 Å². The second-order valence-electron chi connectivity index (χ2n) is 5.36. The summed E-state index contributed by atoms with van der Waals surface area (Å²) >= 11 is 0. The van der Waals surface area contributed by atoms with Crippen LogP contribution in [0.15, 0.2) is 24.3 Å². The number of hydrogen-bond acceptors (Lipinski definition) is 5. The lowest BCUT2D eigenvalue weighted by Gasteiger charge is -2.13. The Morgan fingerprint density at radius 3 is 2.83 bits per heavy atom. The van der Waals surface area contributed by atoms with Crippen LogP contribution in [0, 0.1) is 0 Å². The van der Waals surface area contributed by atoms with Crippen molar-refractivity contribution in [2.45, 2.75) is 19.4 Å². The Balaban J connectivity index is 1.68. The number of ether oxygens (including phenoxy) is 1. The molecule has 23 heavy (non-hydrogen) atoms. The van der Waals surface area contributed by atoms with Gasteiger partial charge in [0.2, 0.25) is 0 Å². The van der Waals surface area contributed by atoms with Crippen LogP contribution in [-0.4, -0.2) is 35.7 Å². The van der Waals surface area contributed by atoms with Crippen molar-refractivity contribution in [2.24, 2.45) is 0 Å². The summed E-state index contributed by atoms with van der Waals surface area (Å²) in [4.78, 5) is 23.6. The second kappa shape index (κ2) is 6.62. The van der Waals surface area contributed by atoms with E-state index in [1.807, 2.05) is 0 Å². The molecule has 0 radical (unpaired) electrons. The number of aromatic nitrogens is 2. The first kappa shape index (κ1) is 15.2. The van der Waals surface area contributed by atoms with Crippen LogP contribution >= 0.6 is 0 Å². The number of anilines is 1. The third kappa shape index (κ3) is 3.40. The van der Waals surface area contributed by atoms with Gasteiger partial charge in [-0.05, 0) is 17.7 Å². The first-order valence-corrected chi connectivity index (χ1v) is 7.41. The fourth-order valence-corrected chi connectivity index (χ4v) is 2.55. The van der Waals surface area contributed by atoms with Crippen molar-refractivity contribution in [3.63, 3.8) is 0 Å². The average Bonchev–Trinajstić information content (AvgIpc) is 3.00. The van der Waals surface area contributed by atoms with E-state index in [0.717, 1.165) is 29.8 Å². The van der Waals surface area contributed by atoms with E-state index in [9.17, 15) is 9.59 Å². The molecule has 120 valence electrons. The van der Waals surface area contributed by atoms with E-state index in [4.69, 9.17) is 0 Å². The predicted octanol–water partition coefficient (Wildman–Crippen LogP) is 1.02. The van der Waals surface area contributed by atoms with E-state index in [2.05, 4.69) is 25.6 Å². The standard InChI is InChI=1S/C16H18N4O3/c1-23-14(21)8-10-2-4-11(5-3-10)18-16(22)15-12-9-17-7-6-13(12)19-20-15/h2-5,17H,6-9H2,1H3,(H,18,22)(H,19,20). The Hall–Kier alpha value is -2.67. The van der Waals surface area contributed by atoms with Crippen molar-refractivity contribution < 1.29 is 14.3 Å². The van der Waals surface area contributed by atoms with Crippen molar-refractivity contribution in [1.82, 2.24) is 15.5 Å². The normalized spacial score (nSPS) is 13.3. The molecule has 0 saturated carbocycles. The van der Waals surface area contributed by atoms with Gasteiger partial charge in [0.15, 0.2) is 5.69 Å². The number of fused-ring (bicyclic) bond motifs is 1. The number of carbonyl (C=O) groups is 2. The molecule has 0 unspecified atom stereocenters. The second-order valence-corrected chi connectivity index (χ2v) is 5.36. The number of amides is 1. The van der Waals surface area contributed by atoms with Gasteiger partial charge < -0.3 is 15.4 Å². The summed E-state index contributed by atoms with van der Waals surface area (Å²) in [5.41, 5.74) is 3.85. The van der Waals surface area contributed by atoms with Crippen LogP contribution in [-0.2, 0) is 28.9 Å². The van der Waals surface area contributed by atoms with Gasteiger partial charge >= 0.3 is 5.97 Å². The molecule has 7 nitrogen and oxygen atoms in total. The summed E-state index contributed by atoms with van der Waals surface area (Å²) in [6, 6.07) is 7.09. The molecule has 1 aromatic heterocycles. The number of carbonyl (C=O) groups excluding carboxylic acids is 2. The zero-order valence-corrected chi connectivity index (χ0v) is 12.8. The highest BCUT2D eigenvalue weighted by Gasteiger charge is 2.21. The molecule has 7 heteroatoms. The van der Waals surface area contributed by atoms with E-state index in [1.54, 1.807) is 24.3 Å². The molecule has 0 aliphatic carbocycles. The zero-order valence-electron chi connectivity index (χ0n) is 12.8. The summed E-state index contributed by atoms with van der Waals surface area (Å²) < 4.78 is 4.62. The van der Waals surface area contributed by atoms with Gasteiger partial charge in [0.1, 0.15) is 0 Å². The summed E-state index contributed by atoms with van der Waals surface area (Å²) in [5, 5.41) is 13.1. The first-order valence-electron chi connectivity index (χ1n) is 7.41. The molecule has 2 aromatic rings. The number of benzene rings is 1. The number of methoxy groups -OCH3 is 1. The minimum Gasteiger partial charge on any atom is -0.469 e. The fourth-order valence-electron chi connectivity index (χ4n) is 2.55. The predicted molar refractivity (Wildman–Crippen MR) is 84.1 cm³/mol. The number of H-pyrrole nitrogens is 1.